The molecular weight excluding hydrogens is 114 g/mol. The fourth-order valence-corrected chi connectivity index (χ4v) is 1.87. The molecule has 2 heteroatoms. The Morgan fingerprint density at radius 2 is 2.22 bits per heavy atom. The Bertz CT molecular complexity index is 112. The molecule has 2 aliphatic rings. The minimum absolute atomic E-state index is 0.337. The van der Waals surface area contributed by atoms with E-state index in [1.165, 1.54) is 19.3 Å². The highest BCUT2D eigenvalue weighted by molar-refractivity contribution is 5.00. The van der Waals surface area contributed by atoms with Gasteiger partial charge in [-0.25, -0.2) is 0 Å². The predicted octanol–water partition coefficient (Wildman–Crippen LogP) is 0.514. The van der Waals surface area contributed by atoms with Crippen LogP contribution in [0.1, 0.15) is 19.3 Å². The fraction of sp³-hybridized carbons (Fsp3) is 1.00. The lowest BCUT2D eigenvalue weighted by atomic mass is 9.67. The van der Waals surface area contributed by atoms with Crippen molar-refractivity contribution in [3.63, 3.8) is 0 Å². The van der Waals surface area contributed by atoms with Crippen LogP contribution in [-0.2, 0) is 4.74 Å². The van der Waals surface area contributed by atoms with Crippen molar-refractivity contribution in [2.24, 2.45) is 11.7 Å². The smallest absolute Gasteiger partial charge is 0.0710 e. The molecular formula is C7H13NO. The maximum Gasteiger partial charge on any atom is 0.0710 e. The quantitative estimate of drug-likeness (QED) is 0.557. The second-order valence-electron chi connectivity index (χ2n) is 3.29. The van der Waals surface area contributed by atoms with Gasteiger partial charge in [-0.1, -0.05) is 0 Å². The molecule has 1 heterocycles. The van der Waals surface area contributed by atoms with Crippen LogP contribution in [0.25, 0.3) is 0 Å². The standard InChI is InChI=1S/C7H13NO/c8-5-6-3-7(4-6)1-2-9-7/h6H,1-5,8H2. The Kier molecular flexibility index (Phi) is 1.08. The molecule has 1 saturated heterocycles. The van der Waals surface area contributed by atoms with Gasteiger partial charge in [0.05, 0.1) is 12.2 Å². The third-order valence-electron chi connectivity index (χ3n) is 2.62. The zero-order valence-corrected chi connectivity index (χ0v) is 5.60. The Labute approximate surface area is 55.4 Å². The van der Waals surface area contributed by atoms with Crippen LogP contribution in [0.15, 0.2) is 0 Å². The molecule has 2 fully saturated rings. The molecule has 52 valence electrons. The van der Waals surface area contributed by atoms with Gasteiger partial charge in [0.2, 0.25) is 0 Å². The van der Waals surface area contributed by atoms with E-state index in [4.69, 9.17) is 10.5 Å². The lowest BCUT2D eigenvalue weighted by Gasteiger charge is -2.53. The van der Waals surface area contributed by atoms with Crippen LogP contribution in [0.4, 0.5) is 0 Å². The number of ether oxygens (including phenoxy) is 1. The van der Waals surface area contributed by atoms with Crippen molar-refractivity contribution in [3.8, 4) is 0 Å². The van der Waals surface area contributed by atoms with Crippen molar-refractivity contribution in [3.05, 3.63) is 0 Å². The van der Waals surface area contributed by atoms with E-state index in [0.29, 0.717) is 5.60 Å². The largest absolute Gasteiger partial charge is 0.375 e. The molecule has 0 atom stereocenters. The van der Waals surface area contributed by atoms with Gasteiger partial charge in [0.1, 0.15) is 0 Å². The molecule has 2 rings (SSSR count). The Hall–Kier alpha value is -0.0800. The minimum Gasteiger partial charge on any atom is -0.375 e. The van der Waals surface area contributed by atoms with E-state index in [1.807, 2.05) is 0 Å². The van der Waals surface area contributed by atoms with Crippen molar-refractivity contribution < 1.29 is 4.74 Å². The van der Waals surface area contributed by atoms with Crippen molar-refractivity contribution in [1.82, 2.24) is 0 Å². The van der Waals surface area contributed by atoms with Crippen LogP contribution < -0.4 is 5.73 Å². The van der Waals surface area contributed by atoms with E-state index < -0.39 is 0 Å². The molecule has 1 saturated carbocycles. The van der Waals surface area contributed by atoms with Gasteiger partial charge in [-0.15, -0.1) is 0 Å². The Balaban J connectivity index is 1.82. The van der Waals surface area contributed by atoms with Crippen molar-refractivity contribution in [2.75, 3.05) is 13.2 Å². The summed E-state index contributed by atoms with van der Waals surface area (Å²) in [6, 6.07) is 0. The van der Waals surface area contributed by atoms with E-state index in [-0.39, 0.29) is 0 Å². The van der Waals surface area contributed by atoms with E-state index >= 15 is 0 Å². The zero-order chi connectivity index (χ0) is 6.32. The van der Waals surface area contributed by atoms with Crippen molar-refractivity contribution in [1.29, 1.82) is 0 Å². The molecule has 0 radical (unpaired) electrons. The second-order valence-corrected chi connectivity index (χ2v) is 3.29. The molecule has 0 unspecified atom stereocenters. The number of hydrogen-bond donors (Lipinski definition) is 1. The van der Waals surface area contributed by atoms with Crippen LogP contribution in [0, 0.1) is 5.92 Å². The molecule has 9 heavy (non-hydrogen) atoms. The van der Waals surface area contributed by atoms with Gasteiger partial charge in [0.15, 0.2) is 0 Å². The molecule has 1 spiro atoms. The first kappa shape index (κ1) is 5.69. The average Bonchev–Trinajstić information content (AvgIpc) is 1.59. The lowest BCUT2D eigenvalue weighted by molar-refractivity contribution is -0.211. The third-order valence-corrected chi connectivity index (χ3v) is 2.62. The van der Waals surface area contributed by atoms with Crippen LogP contribution in [0.3, 0.4) is 0 Å². The van der Waals surface area contributed by atoms with Gasteiger partial charge in [0, 0.05) is 0 Å². The monoisotopic (exact) mass is 127 g/mol. The van der Waals surface area contributed by atoms with Gasteiger partial charge in [0.25, 0.3) is 0 Å². The lowest BCUT2D eigenvalue weighted by Crippen LogP contribution is -2.55. The van der Waals surface area contributed by atoms with Gasteiger partial charge in [-0.2, -0.15) is 0 Å². The molecule has 1 aliphatic heterocycles. The Morgan fingerprint density at radius 3 is 2.56 bits per heavy atom. The molecule has 0 aromatic carbocycles. The maximum atomic E-state index is 5.48. The molecule has 2 N–H and O–H groups in total. The molecule has 0 aromatic rings. The average molecular weight is 127 g/mol. The SMILES string of the molecule is NCC1CC2(CCO2)C1. The van der Waals surface area contributed by atoms with E-state index in [1.54, 1.807) is 0 Å². The first-order chi connectivity index (χ1) is 4.35. The summed E-state index contributed by atoms with van der Waals surface area (Å²) in [4.78, 5) is 0. The normalized spacial score (nSPS) is 48.3. The third kappa shape index (κ3) is 0.700. The summed E-state index contributed by atoms with van der Waals surface area (Å²) in [6.07, 6.45) is 3.73. The minimum atomic E-state index is 0.337. The van der Waals surface area contributed by atoms with Crippen LogP contribution in [-0.4, -0.2) is 18.8 Å². The highest BCUT2D eigenvalue weighted by Gasteiger charge is 2.48. The first-order valence-electron chi connectivity index (χ1n) is 3.69. The van der Waals surface area contributed by atoms with Crippen LogP contribution >= 0.6 is 0 Å². The van der Waals surface area contributed by atoms with Crippen molar-refractivity contribution >= 4 is 0 Å². The summed E-state index contributed by atoms with van der Waals surface area (Å²) in [6.45, 7) is 1.84. The summed E-state index contributed by atoms with van der Waals surface area (Å²) in [5, 5.41) is 0. The Morgan fingerprint density at radius 1 is 1.56 bits per heavy atom. The highest BCUT2D eigenvalue weighted by atomic mass is 16.5. The zero-order valence-electron chi connectivity index (χ0n) is 5.60. The summed E-state index contributed by atoms with van der Waals surface area (Å²) in [5.41, 5.74) is 5.82. The van der Waals surface area contributed by atoms with Gasteiger partial charge < -0.3 is 10.5 Å². The molecule has 0 aromatic heterocycles. The molecule has 1 aliphatic carbocycles. The number of hydrogen-bond acceptors (Lipinski definition) is 2. The van der Waals surface area contributed by atoms with Crippen LogP contribution in [0.5, 0.6) is 0 Å². The molecule has 2 nitrogen and oxygen atoms in total. The highest BCUT2D eigenvalue weighted by Crippen LogP contribution is 2.47. The maximum absolute atomic E-state index is 5.48. The summed E-state index contributed by atoms with van der Waals surface area (Å²) in [5.74, 6) is 0.769. The van der Waals surface area contributed by atoms with Gasteiger partial charge >= 0.3 is 0 Å². The van der Waals surface area contributed by atoms with E-state index in [0.717, 1.165) is 19.1 Å². The van der Waals surface area contributed by atoms with Crippen LogP contribution in [0.2, 0.25) is 0 Å². The number of nitrogens with two attached hydrogens (primary N) is 1. The first-order valence-corrected chi connectivity index (χ1v) is 3.69. The molecule has 0 amide bonds. The summed E-state index contributed by atoms with van der Waals surface area (Å²) >= 11 is 0. The van der Waals surface area contributed by atoms with Crippen molar-refractivity contribution in [2.45, 2.75) is 24.9 Å². The van der Waals surface area contributed by atoms with E-state index in [9.17, 15) is 0 Å². The summed E-state index contributed by atoms with van der Waals surface area (Å²) in [7, 11) is 0. The van der Waals surface area contributed by atoms with E-state index in [2.05, 4.69) is 0 Å². The van der Waals surface area contributed by atoms with Gasteiger partial charge in [-0.3, -0.25) is 0 Å². The molecule has 0 bridgehead atoms. The predicted molar refractivity (Wildman–Crippen MR) is 35.1 cm³/mol. The second kappa shape index (κ2) is 1.70. The summed E-state index contributed by atoms with van der Waals surface area (Å²) < 4.78 is 5.43. The fourth-order valence-electron chi connectivity index (χ4n) is 1.87. The topological polar surface area (TPSA) is 35.2 Å². The van der Waals surface area contributed by atoms with Gasteiger partial charge in [-0.05, 0) is 31.7 Å². The number of rotatable bonds is 1.